The number of hydrogen-bond acceptors (Lipinski definition) is 2. The molecule has 2 heterocycles. The van der Waals surface area contributed by atoms with Gasteiger partial charge < -0.3 is 4.98 Å². The van der Waals surface area contributed by atoms with Crippen molar-refractivity contribution in [2.45, 2.75) is 0 Å². The molecule has 3 nitrogen and oxygen atoms in total. The minimum atomic E-state index is -0.278. The van der Waals surface area contributed by atoms with Gasteiger partial charge >= 0.3 is 0 Å². The average Bonchev–Trinajstić information content (AvgIpc) is 3.13. The monoisotopic (exact) mass is 315 g/mol. The summed E-state index contributed by atoms with van der Waals surface area (Å²) < 4.78 is 13.3. The van der Waals surface area contributed by atoms with E-state index in [0.29, 0.717) is 5.82 Å². The smallest absolute Gasteiger partial charge is 0.138 e. The maximum Gasteiger partial charge on any atom is 0.138 e. The van der Waals surface area contributed by atoms with Crippen molar-refractivity contribution in [3.05, 3.63) is 84.9 Å². The number of nitrogens with zero attached hydrogens (tertiary/aromatic N) is 2. The van der Waals surface area contributed by atoms with Crippen LogP contribution >= 0.6 is 0 Å². The summed E-state index contributed by atoms with van der Waals surface area (Å²) in [6.07, 6.45) is 3.60. The van der Waals surface area contributed by atoms with E-state index < -0.39 is 0 Å². The summed E-state index contributed by atoms with van der Waals surface area (Å²) in [7, 11) is 0. The van der Waals surface area contributed by atoms with E-state index in [4.69, 9.17) is 0 Å². The van der Waals surface area contributed by atoms with Crippen LogP contribution < -0.4 is 0 Å². The number of imidazole rings is 1. The Morgan fingerprint density at radius 3 is 2.33 bits per heavy atom. The van der Waals surface area contributed by atoms with Crippen molar-refractivity contribution in [3.63, 3.8) is 0 Å². The zero-order chi connectivity index (χ0) is 16.4. The maximum atomic E-state index is 13.3. The number of rotatable bonds is 3. The van der Waals surface area contributed by atoms with Crippen LogP contribution in [0.25, 0.3) is 33.9 Å². The number of benzene rings is 2. The maximum absolute atomic E-state index is 13.3. The van der Waals surface area contributed by atoms with Gasteiger partial charge in [-0.1, -0.05) is 42.5 Å². The molecule has 0 fully saturated rings. The highest BCUT2D eigenvalue weighted by molar-refractivity contribution is 5.66. The molecule has 2 aromatic carbocycles. The fourth-order valence-corrected chi connectivity index (χ4v) is 2.58. The van der Waals surface area contributed by atoms with Crippen LogP contribution in [0.5, 0.6) is 0 Å². The number of nitrogens with one attached hydrogen (secondary N) is 1. The van der Waals surface area contributed by atoms with Crippen molar-refractivity contribution in [2.24, 2.45) is 0 Å². The van der Waals surface area contributed by atoms with Crippen LogP contribution in [0.15, 0.2) is 79.1 Å². The van der Waals surface area contributed by atoms with E-state index in [-0.39, 0.29) is 5.82 Å². The molecule has 24 heavy (non-hydrogen) atoms. The number of H-pyrrole nitrogens is 1. The molecule has 0 amide bonds. The SMILES string of the molecule is Fc1cccc(-c2nc(-c3ccc(-c4ccccc4)nc3)c[nH]2)c1. The highest BCUT2D eigenvalue weighted by Gasteiger charge is 2.07. The Bertz CT molecular complexity index is 960. The summed E-state index contributed by atoms with van der Waals surface area (Å²) in [5.74, 6) is 0.357. The molecule has 0 radical (unpaired) electrons. The van der Waals surface area contributed by atoms with Crippen LogP contribution in [-0.2, 0) is 0 Å². The Morgan fingerprint density at radius 1 is 0.750 bits per heavy atom. The number of aromatic amines is 1. The second-order valence-corrected chi connectivity index (χ2v) is 5.44. The van der Waals surface area contributed by atoms with Crippen LogP contribution in [0.2, 0.25) is 0 Å². The molecule has 4 aromatic rings. The molecule has 4 heteroatoms. The molecule has 116 valence electrons. The van der Waals surface area contributed by atoms with Crippen molar-refractivity contribution >= 4 is 0 Å². The normalized spacial score (nSPS) is 10.7. The second kappa shape index (κ2) is 6.08. The summed E-state index contributed by atoms with van der Waals surface area (Å²) in [6.45, 7) is 0. The first kappa shape index (κ1) is 14.3. The van der Waals surface area contributed by atoms with E-state index >= 15 is 0 Å². The van der Waals surface area contributed by atoms with Crippen LogP contribution in [0.4, 0.5) is 4.39 Å². The molecule has 2 aromatic heterocycles. The Labute approximate surface area is 138 Å². The van der Waals surface area contributed by atoms with Crippen molar-refractivity contribution in [1.82, 2.24) is 15.0 Å². The minimum Gasteiger partial charge on any atom is -0.344 e. The van der Waals surface area contributed by atoms with E-state index in [2.05, 4.69) is 15.0 Å². The largest absolute Gasteiger partial charge is 0.344 e. The van der Waals surface area contributed by atoms with Gasteiger partial charge in [0.2, 0.25) is 0 Å². The lowest BCUT2D eigenvalue weighted by atomic mass is 10.1. The molecule has 0 aliphatic carbocycles. The first-order valence-electron chi connectivity index (χ1n) is 7.63. The third kappa shape index (κ3) is 2.82. The molecule has 1 N–H and O–H groups in total. The molecule has 0 spiro atoms. The van der Waals surface area contributed by atoms with Crippen molar-refractivity contribution in [1.29, 1.82) is 0 Å². The summed E-state index contributed by atoms with van der Waals surface area (Å²) >= 11 is 0. The number of hydrogen-bond donors (Lipinski definition) is 1. The lowest BCUT2D eigenvalue weighted by Gasteiger charge is -2.01. The topological polar surface area (TPSA) is 41.6 Å². The molecular weight excluding hydrogens is 301 g/mol. The van der Waals surface area contributed by atoms with Gasteiger partial charge in [-0.2, -0.15) is 0 Å². The molecule has 0 unspecified atom stereocenters. The zero-order valence-corrected chi connectivity index (χ0v) is 12.8. The van der Waals surface area contributed by atoms with Crippen LogP contribution in [0.3, 0.4) is 0 Å². The lowest BCUT2D eigenvalue weighted by molar-refractivity contribution is 0.628. The summed E-state index contributed by atoms with van der Waals surface area (Å²) in [5, 5.41) is 0. The molecule has 0 saturated heterocycles. The lowest BCUT2D eigenvalue weighted by Crippen LogP contribution is -1.85. The highest BCUT2D eigenvalue weighted by Crippen LogP contribution is 2.24. The van der Waals surface area contributed by atoms with Gasteiger partial charge in [-0.15, -0.1) is 0 Å². The van der Waals surface area contributed by atoms with Crippen molar-refractivity contribution in [2.75, 3.05) is 0 Å². The zero-order valence-electron chi connectivity index (χ0n) is 12.8. The van der Waals surface area contributed by atoms with Gasteiger partial charge in [0, 0.05) is 29.1 Å². The predicted molar refractivity (Wildman–Crippen MR) is 92.6 cm³/mol. The van der Waals surface area contributed by atoms with Gasteiger partial charge in [0.1, 0.15) is 11.6 Å². The minimum absolute atomic E-state index is 0.278. The predicted octanol–water partition coefficient (Wildman–Crippen LogP) is 4.94. The van der Waals surface area contributed by atoms with Gasteiger partial charge in [-0.05, 0) is 24.3 Å². The van der Waals surface area contributed by atoms with Gasteiger partial charge in [-0.25, -0.2) is 9.37 Å². The van der Waals surface area contributed by atoms with Crippen LogP contribution in [0.1, 0.15) is 0 Å². The fourth-order valence-electron chi connectivity index (χ4n) is 2.58. The first-order chi connectivity index (χ1) is 11.8. The number of pyridine rings is 1. The van der Waals surface area contributed by atoms with Crippen LogP contribution in [0, 0.1) is 5.82 Å². The molecule has 4 rings (SSSR count). The standard InChI is InChI=1S/C20H14FN3/c21-17-8-4-7-15(11-17)20-23-13-19(24-20)16-9-10-18(22-12-16)14-5-2-1-3-6-14/h1-13H,(H,23,24). The third-order valence-electron chi connectivity index (χ3n) is 3.80. The van der Waals surface area contributed by atoms with E-state index in [0.717, 1.165) is 28.1 Å². The number of aromatic nitrogens is 3. The fraction of sp³-hybridized carbons (Fsp3) is 0. The van der Waals surface area contributed by atoms with E-state index in [1.54, 1.807) is 18.5 Å². The van der Waals surface area contributed by atoms with E-state index in [1.807, 2.05) is 48.5 Å². The second-order valence-electron chi connectivity index (χ2n) is 5.44. The summed E-state index contributed by atoms with van der Waals surface area (Å²) in [5.41, 5.74) is 4.40. The van der Waals surface area contributed by atoms with Gasteiger partial charge in [0.25, 0.3) is 0 Å². The van der Waals surface area contributed by atoms with Crippen molar-refractivity contribution < 1.29 is 4.39 Å². The highest BCUT2D eigenvalue weighted by atomic mass is 19.1. The first-order valence-corrected chi connectivity index (χ1v) is 7.63. The Morgan fingerprint density at radius 2 is 1.58 bits per heavy atom. The molecule has 0 atom stereocenters. The van der Waals surface area contributed by atoms with E-state index in [9.17, 15) is 4.39 Å². The third-order valence-corrected chi connectivity index (χ3v) is 3.80. The van der Waals surface area contributed by atoms with Crippen molar-refractivity contribution in [3.8, 4) is 33.9 Å². The Hall–Kier alpha value is -3.27. The number of halogens is 1. The van der Waals surface area contributed by atoms with Crippen LogP contribution in [-0.4, -0.2) is 15.0 Å². The molecular formula is C20H14FN3. The Kier molecular flexibility index (Phi) is 3.63. The van der Waals surface area contributed by atoms with E-state index in [1.165, 1.54) is 12.1 Å². The van der Waals surface area contributed by atoms with Gasteiger partial charge in [0.15, 0.2) is 0 Å². The average molecular weight is 315 g/mol. The Balaban J connectivity index is 1.63. The quantitative estimate of drug-likeness (QED) is 0.581. The summed E-state index contributed by atoms with van der Waals surface area (Å²) in [4.78, 5) is 12.1. The molecule has 0 aliphatic rings. The molecule has 0 aliphatic heterocycles. The van der Waals surface area contributed by atoms with Gasteiger partial charge in [-0.3, -0.25) is 4.98 Å². The molecule has 0 saturated carbocycles. The molecule has 0 bridgehead atoms. The summed E-state index contributed by atoms with van der Waals surface area (Å²) in [6, 6.07) is 20.3. The van der Waals surface area contributed by atoms with Gasteiger partial charge in [0.05, 0.1) is 11.4 Å².